The standard InChI is InChI=1S/C25H22N4O2/c1-17(22-13-10-19-5-2-3-7-23(19)27-22)28-15-20-6-4-14-26-24(20)29(25(28)31)21-11-8-18(16-30)9-12-21/h2-14,17,30H,15-16H2,1H3. The first-order chi connectivity index (χ1) is 15.2. The van der Waals surface area contributed by atoms with Crippen LogP contribution in [0.15, 0.2) is 79.0 Å². The highest BCUT2D eigenvalue weighted by molar-refractivity contribution is 6.01. The fourth-order valence-corrected chi connectivity index (χ4v) is 3.99. The molecule has 0 bridgehead atoms. The molecule has 0 fully saturated rings. The van der Waals surface area contributed by atoms with E-state index in [0.717, 1.165) is 27.7 Å². The van der Waals surface area contributed by atoms with E-state index in [2.05, 4.69) is 4.98 Å². The number of aliphatic hydroxyl groups is 1. The second-order valence-corrected chi connectivity index (χ2v) is 7.66. The van der Waals surface area contributed by atoms with Gasteiger partial charge in [0.05, 0.1) is 36.1 Å². The van der Waals surface area contributed by atoms with Crippen LogP contribution < -0.4 is 4.90 Å². The van der Waals surface area contributed by atoms with Crippen molar-refractivity contribution >= 4 is 28.4 Å². The molecule has 31 heavy (non-hydrogen) atoms. The van der Waals surface area contributed by atoms with Crippen LogP contribution >= 0.6 is 0 Å². The Bertz CT molecular complexity index is 1260. The molecule has 0 saturated carbocycles. The lowest BCUT2D eigenvalue weighted by atomic mass is 10.1. The van der Waals surface area contributed by atoms with Gasteiger partial charge in [-0.25, -0.2) is 14.7 Å². The molecule has 1 N–H and O–H groups in total. The van der Waals surface area contributed by atoms with Crippen molar-refractivity contribution in [3.63, 3.8) is 0 Å². The van der Waals surface area contributed by atoms with Crippen molar-refractivity contribution in [1.29, 1.82) is 0 Å². The molecule has 0 saturated heterocycles. The summed E-state index contributed by atoms with van der Waals surface area (Å²) in [5.74, 6) is 0.638. The van der Waals surface area contributed by atoms with Crippen LogP contribution in [0.5, 0.6) is 0 Å². The Labute approximate surface area is 180 Å². The van der Waals surface area contributed by atoms with Gasteiger partial charge in [-0.05, 0) is 42.8 Å². The van der Waals surface area contributed by atoms with Gasteiger partial charge in [0.1, 0.15) is 5.82 Å². The fraction of sp³-hybridized carbons (Fsp3) is 0.160. The molecule has 2 aromatic carbocycles. The van der Waals surface area contributed by atoms with Crippen LogP contribution in [-0.4, -0.2) is 26.0 Å². The zero-order valence-corrected chi connectivity index (χ0v) is 17.1. The van der Waals surface area contributed by atoms with E-state index >= 15 is 0 Å². The Morgan fingerprint density at radius 3 is 2.61 bits per heavy atom. The average Bonchev–Trinajstić information content (AvgIpc) is 2.83. The van der Waals surface area contributed by atoms with Crippen molar-refractivity contribution in [1.82, 2.24) is 14.9 Å². The van der Waals surface area contributed by atoms with E-state index in [1.54, 1.807) is 11.1 Å². The number of hydrogen-bond acceptors (Lipinski definition) is 4. The molecule has 1 unspecified atom stereocenters. The van der Waals surface area contributed by atoms with Gasteiger partial charge in [0, 0.05) is 17.1 Å². The second-order valence-electron chi connectivity index (χ2n) is 7.66. The number of nitrogens with zero attached hydrogens (tertiary/aromatic N) is 4. The van der Waals surface area contributed by atoms with Crippen LogP contribution in [0.1, 0.15) is 29.8 Å². The van der Waals surface area contributed by atoms with Crippen molar-refractivity contribution in [3.05, 3.63) is 95.8 Å². The Kier molecular flexibility index (Phi) is 4.84. The number of aliphatic hydroxyl groups excluding tert-OH is 1. The maximum absolute atomic E-state index is 13.7. The summed E-state index contributed by atoms with van der Waals surface area (Å²) in [5.41, 5.74) is 4.23. The second kappa shape index (κ2) is 7.81. The molecular weight excluding hydrogens is 388 g/mol. The van der Waals surface area contributed by atoms with Gasteiger partial charge >= 0.3 is 6.03 Å². The lowest BCUT2D eigenvalue weighted by Gasteiger charge is -2.39. The third-order valence-electron chi connectivity index (χ3n) is 5.75. The molecule has 1 atom stereocenters. The number of rotatable bonds is 4. The maximum Gasteiger partial charge on any atom is 0.331 e. The highest BCUT2D eigenvalue weighted by atomic mass is 16.3. The Balaban J connectivity index is 1.55. The summed E-state index contributed by atoms with van der Waals surface area (Å²) in [6, 6.07) is 22.8. The number of benzene rings is 2. The van der Waals surface area contributed by atoms with Gasteiger partial charge in [0.2, 0.25) is 0 Å². The number of urea groups is 1. The van der Waals surface area contributed by atoms with E-state index in [0.29, 0.717) is 18.1 Å². The first-order valence-electron chi connectivity index (χ1n) is 10.3. The number of amides is 2. The van der Waals surface area contributed by atoms with Gasteiger partial charge in [-0.2, -0.15) is 0 Å². The SMILES string of the molecule is CC(c1ccc2ccccc2n1)N1Cc2cccnc2N(c2ccc(CO)cc2)C1=O. The number of aromatic nitrogens is 2. The monoisotopic (exact) mass is 410 g/mol. The molecule has 154 valence electrons. The Morgan fingerprint density at radius 2 is 1.81 bits per heavy atom. The fourth-order valence-electron chi connectivity index (χ4n) is 3.99. The molecule has 0 spiro atoms. The minimum Gasteiger partial charge on any atom is -0.392 e. The van der Waals surface area contributed by atoms with Crippen LogP contribution in [0.2, 0.25) is 0 Å². The molecule has 0 radical (unpaired) electrons. The number of fused-ring (bicyclic) bond motifs is 2. The summed E-state index contributed by atoms with van der Waals surface area (Å²) in [6.45, 7) is 2.42. The van der Waals surface area contributed by atoms with Crippen LogP contribution in [0.4, 0.5) is 16.3 Å². The van der Waals surface area contributed by atoms with Gasteiger partial charge < -0.3 is 10.0 Å². The molecule has 6 nitrogen and oxygen atoms in total. The normalized spacial score (nSPS) is 14.6. The predicted molar refractivity (Wildman–Crippen MR) is 120 cm³/mol. The van der Waals surface area contributed by atoms with E-state index in [1.165, 1.54) is 0 Å². The molecule has 6 heteroatoms. The molecule has 2 amide bonds. The summed E-state index contributed by atoms with van der Waals surface area (Å²) in [7, 11) is 0. The van der Waals surface area contributed by atoms with Crippen molar-refractivity contribution < 1.29 is 9.90 Å². The number of carbonyl (C=O) groups excluding carboxylic acids is 1. The first-order valence-corrected chi connectivity index (χ1v) is 10.3. The third-order valence-corrected chi connectivity index (χ3v) is 5.75. The topological polar surface area (TPSA) is 69.6 Å². The Morgan fingerprint density at radius 1 is 1.00 bits per heavy atom. The minimum absolute atomic E-state index is 0.0418. The van der Waals surface area contributed by atoms with Crippen LogP contribution in [0, 0.1) is 0 Å². The van der Waals surface area contributed by atoms with Crippen molar-refractivity contribution in [2.75, 3.05) is 4.90 Å². The molecule has 1 aliphatic rings. The highest BCUT2D eigenvalue weighted by Crippen LogP contribution is 2.36. The van der Waals surface area contributed by atoms with Gasteiger partial charge in [-0.1, -0.05) is 42.5 Å². The van der Waals surface area contributed by atoms with E-state index in [9.17, 15) is 9.90 Å². The molecule has 2 aromatic heterocycles. The molecule has 1 aliphatic heterocycles. The first kappa shape index (κ1) is 19.2. The van der Waals surface area contributed by atoms with Gasteiger partial charge in [-0.15, -0.1) is 0 Å². The molecule has 0 aliphatic carbocycles. The smallest absolute Gasteiger partial charge is 0.331 e. The van der Waals surface area contributed by atoms with E-state index in [1.807, 2.05) is 84.6 Å². The molecular formula is C25H22N4O2. The largest absolute Gasteiger partial charge is 0.392 e. The van der Waals surface area contributed by atoms with Crippen LogP contribution in [0.3, 0.4) is 0 Å². The van der Waals surface area contributed by atoms with Crippen LogP contribution in [-0.2, 0) is 13.2 Å². The summed E-state index contributed by atoms with van der Waals surface area (Å²) in [4.78, 5) is 26.4. The number of pyridine rings is 2. The number of hydrogen-bond donors (Lipinski definition) is 1. The zero-order chi connectivity index (χ0) is 21.4. The maximum atomic E-state index is 13.7. The Hall–Kier alpha value is -3.77. The van der Waals surface area contributed by atoms with Crippen LogP contribution in [0.25, 0.3) is 10.9 Å². The lowest BCUT2D eigenvalue weighted by molar-refractivity contribution is 0.179. The summed E-state index contributed by atoms with van der Waals surface area (Å²) in [6.07, 6.45) is 1.70. The molecule has 5 rings (SSSR count). The lowest BCUT2D eigenvalue weighted by Crippen LogP contribution is -2.46. The summed E-state index contributed by atoms with van der Waals surface area (Å²) in [5, 5.41) is 10.4. The summed E-state index contributed by atoms with van der Waals surface area (Å²) < 4.78 is 0. The van der Waals surface area contributed by atoms with Gasteiger partial charge in [0.25, 0.3) is 0 Å². The van der Waals surface area contributed by atoms with Gasteiger partial charge in [-0.3, -0.25) is 4.98 Å². The van der Waals surface area contributed by atoms with Gasteiger partial charge in [0.15, 0.2) is 0 Å². The van der Waals surface area contributed by atoms with E-state index in [-0.39, 0.29) is 18.7 Å². The molecule has 3 heterocycles. The van der Waals surface area contributed by atoms with Crippen molar-refractivity contribution in [2.24, 2.45) is 0 Å². The van der Waals surface area contributed by atoms with E-state index in [4.69, 9.17) is 4.98 Å². The van der Waals surface area contributed by atoms with Crippen molar-refractivity contribution in [3.8, 4) is 0 Å². The quantitative estimate of drug-likeness (QED) is 0.516. The predicted octanol–water partition coefficient (Wildman–Crippen LogP) is 4.96. The van der Waals surface area contributed by atoms with E-state index < -0.39 is 0 Å². The minimum atomic E-state index is -0.218. The number of anilines is 2. The molecule has 4 aromatic rings. The number of carbonyl (C=O) groups is 1. The average molecular weight is 410 g/mol. The zero-order valence-electron chi connectivity index (χ0n) is 17.1. The van der Waals surface area contributed by atoms with Crippen molar-refractivity contribution in [2.45, 2.75) is 26.1 Å². The number of para-hydroxylation sites is 1. The third kappa shape index (κ3) is 3.41. The summed E-state index contributed by atoms with van der Waals surface area (Å²) >= 11 is 0. The highest BCUT2D eigenvalue weighted by Gasteiger charge is 2.35.